The lowest BCUT2D eigenvalue weighted by Gasteiger charge is -2.16. The number of aromatic nitrogens is 3. The zero-order valence-corrected chi connectivity index (χ0v) is 21.3. The zero-order chi connectivity index (χ0) is 24.4. The van der Waals surface area contributed by atoms with E-state index in [9.17, 15) is 0 Å². The van der Waals surface area contributed by atoms with Gasteiger partial charge < -0.3 is 0 Å². The van der Waals surface area contributed by atoms with Gasteiger partial charge in [-0.1, -0.05) is 43.7 Å². The highest BCUT2D eigenvalue weighted by molar-refractivity contribution is 7.26. The molecule has 5 heteroatoms. The summed E-state index contributed by atoms with van der Waals surface area (Å²) in [6, 6.07) is 20.1. The third-order valence-electron chi connectivity index (χ3n) is 6.71. The Kier molecular flexibility index (Phi) is 5.01. The quantitative estimate of drug-likeness (QED) is 0.254. The average Bonchev–Trinajstić information content (AvgIpc) is 3.38. The average molecular weight is 480 g/mol. The van der Waals surface area contributed by atoms with Gasteiger partial charge in [0, 0.05) is 22.0 Å². The maximum absolute atomic E-state index is 15.3. The smallest absolute Gasteiger partial charge is 0.147 e. The van der Waals surface area contributed by atoms with Crippen molar-refractivity contribution >= 4 is 42.7 Å². The van der Waals surface area contributed by atoms with E-state index in [1.807, 2.05) is 36.4 Å². The number of aryl methyl sites for hydroxylation is 3. The molecule has 0 fully saturated rings. The van der Waals surface area contributed by atoms with Gasteiger partial charge in [0.05, 0.1) is 21.4 Å². The molecule has 0 bridgehead atoms. The van der Waals surface area contributed by atoms with Crippen molar-refractivity contribution in [1.82, 2.24) is 14.5 Å². The van der Waals surface area contributed by atoms with Crippen molar-refractivity contribution in [1.29, 1.82) is 0 Å². The van der Waals surface area contributed by atoms with Crippen LogP contribution in [0.1, 0.15) is 42.1 Å². The topological polar surface area (TPSA) is 30.7 Å². The van der Waals surface area contributed by atoms with Crippen LogP contribution in [0.5, 0.6) is 0 Å². The zero-order valence-electron chi connectivity index (χ0n) is 20.5. The number of hydrogen-bond donors (Lipinski definition) is 0. The molecule has 3 heterocycles. The summed E-state index contributed by atoms with van der Waals surface area (Å²) in [6.07, 6.45) is 0. The molecule has 0 spiro atoms. The monoisotopic (exact) mass is 479 g/mol. The molecule has 6 aromatic rings. The first-order chi connectivity index (χ1) is 16.8. The first-order valence-electron chi connectivity index (χ1n) is 11.9. The predicted octanol–water partition coefficient (Wildman–Crippen LogP) is 8.64. The van der Waals surface area contributed by atoms with Crippen LogP contribution in [0, 0.1) is 26.6 Å². The summed E-state index contributed by atoms with van der Waals surface area (Å²) in [4.78, 5) is 10.8. The number of hydrogen-bond acceptors (Lipinski definition) is 3. The second kappa shape index (κ2) is 7.99. The highest BCUT2D eigenvalue weighted by Gasteiger charge is 2.22. The normalized spacial score (nSPS) is 12.0. The minimum Gasteiger partial charge on any atom is -0.292 e. The van der Waals surface area contributed by atoms with Gasteiger partial charge in [-0.2, -0.15) is 0 Å². The van der Waals surface area contributed by atoms with Gasteiger partial charge in [0.1, 0.15) is 16.5 Å². The Hall–Kier alpha value is -3.57. The molecule has 0 aliphatic carbocycles. The fourth-order valence-electron chi connectivity index (χ4n) is 5.19. The van der Waals surface area contributed by atoms with Crippen LogP contribution in [0.3, 0.4) is 0 Å². The van der Waals surface area contributed by atoms with Gasteiger partial charge >= 0.3 is 0 Å². The molecule has 174 valence electrons. The van der Waals surface area contributed by atoms with Crippen LogP contribution in [0.2, 0.25) is 0 Å². The third-order valence-corrected chi connectivity index (χ3v) is 7.84. The largest absolute Gasteiger partial charge is 0.292 e. The van der Waals surface area contributed by atoms with Gasteiger partial charge in [-0.05, 0) is 74.2 Å². The predicted molar refractivity (Wildman–Crippen MR) is 145 cm³/mol. The van der Waals surface area contributed by atoms with E-state index in [-0.39, 0.29) is 5.82 Å². The minimum atomic E-state index is -0.223. The van der Waals surface area contributed by atoms with Crippen LogP contribution in [-0.2, 0) is 0 Å². The van der Waals surface area contributed by atoms with Gasteiger partial charge in [0.2, 0.25) is 0 Å². The van der Waals surface area contributed by atoms with Crippen molar-refractivity contribution < 1.29 is 4.39 Å². The van der Waals surface area contributed by atoms with Crippen molar-refractivity contribution in [2.75, 3.05) is 0 Å². The van der Waals surface area contributed by atoms with Crippen molar-refractivity contribution in [3.63, 3.8) is 0 Å². The lowest BCUT2D eigenvalue weighted by molar-refractivity contribution is 0.641. The van der Waals surface area contributed by atoms with Crippen LogP contribution in [0.15, 0.2) is 60.7 Å². The number of para-hydroxylation sites is 2. The van der Waals surface area contributed by atoms with Gasteiger partial charge in [-0.25, -0.2) is 14.4 Å². The van der Waals surface area contributed by atoms with E-state index in [4.69, 9.17) is 9.97 Å². The highest BCUT2D eigenvalue weighted by atomic mass is 32.1. The number of rotatable bonds is 3. The molecule has 3 aromatic carbocycles. The number of halogens is 1. The maximum atomic E-state index is 15.3. The Balaban J connectivity index is 1.73. The second-order valence-electron chi connectivity index (χ2n) is 9.65. The van der Waals surface area contributed by atoms with Gasteiger partial charge in [-0.3, -0.25) is 4.57 Å². The Morgan fingerprint density at radius 3 is 2.37 bits per heavy atom. The highest BCUT2D eigenvalue weighted by Crippen LogP contribution is 2.42. The fourth-order valence-corrected chi connectivity index (χ4v) is 6.39. The molecule has 0 unspecified atom stereocenters. The van der Waals surface area contributed by atoms with E-state index in [1.54, 1.807) is 17.4 Å². The van der Waals surface area contributed by atoms with E-state index in [1.165, 1.54) is 16.7 Å². The minimum absolute atomic E-state index is 0.223. The maximum Gasteiger partial charge on any atom is 0.147 e. The molecule has 3 nitrogen and oxygen atoms in total. The first kappa shape index (κ1) is 21.9. The Morgan fingerprint density at radius 2 is 1.63 bits per heavy atom. The Labute approximate surface area is 207 Å². The summed E-state index contributed by atoms with van der Waals surface area (Å²) in [5.74, 6) is 0.909. The lowest BCUT2D eigenvalue weighted by Crippen LogP contribution is -2.03. The van der Waals surface area contributed by atoms with Gasteiger partial charge in [-0.15, -0.1) is 11.3 Å². The van der Waals surface area contributed by atoms with Crippen LogP contribution in [-0.4, -0.2) is 14.5 Å². The van der Waals surface area contributed by atoms with Crippen molar-refractivity contribution in [2.24, 2.45) is 0 Å². The van der Waals surface area contributed by atoms with E-state index in [0.717, 1.165) is 48.7 Å². The van der Waals surface area contributed by atoms with Crippen LogP contribution >= 0.6 is 11.3 Å². The van der Waals surface area contributed by atoms with Crippen LogP contribution in [0.25, 0.3) is 48.4 Å². The summed E-state index contributed by atoms with van der Waals surface area (Å²) in [5, 5.41) is 1.49. The summed E-state index contributed by atoms with van der Waals surface area (Å²) >= 11 is 1.55. The summed E-state index contributed by atoms with van der Waals surface area (Å²) < 4.78 is 18.4. The number of benzene rings is 3. The van der Waals surface area contributed by atoms with Crippen molar-refractivity contribution in [2.45, 2.75) is 40.5 Å². The van der Waals surface area contributed by atoms with Crippen LogP contribution in [0.4, 0.5) is 4.39 Å². The molecule has 0 radical (unpaired) electrons. The fraction of sp³-hybridized carbons (Fsp3) is 0.200. The lowest BCUT2D eigenvalue weighted by atomic mass is 10.0. The molecule has 0 aliphatic rings. The summed E-state index contributed by atoms with van der Waals surface area (Å²) in [6.45, 7) is 10.7. The number of thiophene rings is 1. The molecule has 0 aliphatic heterocycles. The molecule has 6 rings (SSSR count). The SMILES string of the molecule is Cc1cc(C)c(-n2c(-c3ccc(F)c4c3sc3nc(C(C)C)ccc34)nc3ccccc32)c(C)c1. The standard InChI is InChI=1S/C30H26FN3S/c1-16(2)23-13-11-20-26-22(31)12-10-21(28(26)35-30(20)33-23)29-32-24-8-6-7-9-25(24)34(29)27-18(4)14-17(3)15-19(27)5/h6-16H,1-5H3. The first-order valence-corrected chi connectivity index (χ1v) is 12.7. The summed E-state index contributed by atoms with van der Waals surface area (Å²) in [7, 11) is 0. The molecule has 0 amide bonds. The summed E-state index contributed by atoms with van der Waals surface area (Å²) in [5.41, 5.74) is 8.62. The van der Waals surface area contributed by atoms with Crippen molar-refractivity contribution in [3.8, 4) is 17.1 Å². The number of nitrogens with zero attached hydrogens (tertiary/aromatic N) is 3. The molecular formula is C30H26FN3S. The number of imidazole rings is 1. The molecule has 0 atom stereocenters. The van der Waals surface area contributed by atoms with E-state index < -0.39 is 0 Å². The van der Waals surface area contributed by atoms with E-state index in [0.29, 0.717) is 11.3 Å². The Bertz CT molecular complexity index is 1750. The number of pyridine rings is 1. The molecule has 35 heavy (non-hydrogen) atoms. The third kappa shape index (κ3) is 3.37. The van der Waals surface area contributed by atoms with Crippen LogP contribution < -0.4 is 0 Å². The van der Waals surface area contributed by atoms with Gasteiger partial charge in [0.25, 0.3) is 0 Å². The van der Waals surface area contributed by atoms with E-state index in [2.05, 4.69) is 57.4 Å². The van der Waals surface area contributed by atoms with Gasteiger partial charge in [0.15, 0.2) is 0 Å². The molecular weight excluding hydrogens is 453 g/mol. The molecule has 0 saturated carbocycles. The second-order valence-corrected chi connectivity index (χ2v) is 10.7. The molecule has 0 saturated heterocycles. The Morgan fingerprint density at radius 1 is 0.886 bits per heavy atom. The molecule has 3 aromatic heterocycles. The number of fused-ring (bicyclic) bond motifs is 4. The molecule has 0 N–H and O–H groups in total. The van der Waals surface area contributed by atoms with Crippen molar-refractivity contribution in [3.05, 3.63) is 88.9 Å². The van der Waals surface area contributed by atoms with E-state index >= 15 is 4.39 Å².